The Morgan fingerprint density at radius 2 is 0.778 bits per heavy atom. The minimum Gasteiger partial charge on any atom is -0.310 e. The van der Waals surface area contributed by atoms with Crippen molar-refractivity contribution in [2.45, 2.75) is 76.0 Å². The second-order valence-corrected chi connectivity index (χ2v) is 13.5. The van der Waals surface area contributed by atoms with Gasteiger partial charge >= 0.3 is 0 Å². The Kier molecular flexibility index (Phi) is 7.85. The Labute approximate surface area is 268 Å². The maximum absolute atomic E-state index is 2.45. The predicted molar refractivity (Wildman–Crippen MR) is 193 cm³/mol. The van der Waals surface area contributed by atoms with Gasteiger partial charge in [-0.25, -0.2) is 0 Å². The summed E-state index contributed by atoms with van der Waals surface area (Å²) in [4.78, 5) is 2.45. The van der Waals surface area contributed by atoms with Crippen molar-refractivity contribution in [3.8, 4) is 11.1 Å². The molecule has 0 spiro atoms. The molecule has 0 bridgehead atoms. The van der Waals surface area contributed by atoms with Crippen LogP contribution in [0.2, 0.25) is 0 Å². The number of fused-ring (bicyclic) bond motifs is 2. The molecule has 0 aliphatic heterocycles. The van der Waals surface area contributed by atoms with Crippen molar-refractivity contribution in [2.75, 3.05) is 4.90 Å². The van der Waals surface area contributed by atoms with Crippen LogP contribution in [0.5, 0.6) is 0 Å². The molecule has 2 aliphatic rings. The first kappa shape index (κ1) is 28.1. The van der Waals surface area contributed by atoms with Crippen LogP contribution in [0.1, 0.15) is 87.2 Å². The second kappa shape index (κ2) is 12.6. The molecule has 0 saturated heterocycles. The second-order valence-electron chi connectivity index (χ2n) is 13.5. The van der Waals surface area contributed by atoms with E-state index < -0.39 is 0 Å². The van der Waals surface area contributed by atoms with Gasteiger partial charge in [-0.15, -0.1) is 0 Å². The highest BCUT2D eigenvalue weighted by atomic mass is 15.1. The molecule has 0 atom stereocenters. The molecule has 0 N–H and O–H groups in total. The van der Waals surface area contributed by atoms with Crippen LogP contribution < -0.4 is 4.90 Å². The van der Waals surface area contributed by atoms with E-state index in [1.54, 1.807) is 0 Å². The SMILES string of the molecule is c1ccc2cc(-c3ccc4cc(N(c5ccc(C6CCCCC6)cc5)c5ccc(C6CCCCC6)cc5)ccc4c3)ccc2c1. The van der Waals surface area contributed by atoms with E-state index in [0.29, 0.717) is 11.8 Å². The van der Waals surface area contributed by atoms with E-state index in [4.69, 9.17) is 0 Å². The van der Waals surface area contributed by atoms with Gasteiger partial charge < -0.3 is 4.90 Å². The summed E-state index contributed by atoms with van der Waals surface area (Å²) in [5.41, 5.74) is 9.19. The van der Waals surface area contributed by atoms with Gasteiger partial charge in [0.25, 0.3) is 0 Å². The Morgan fingerprint density at radius 1 is 0.356 bits per heavy atom. The lowest BCUT2D eigenvalue weighted by Gasteiger charge is -2.28. The molecule has 2 fully saturated rings. The monoisotopic (exact) mass is 585 g/mol. The summed E-state index contributed by atoms with van der Waals surface area (Å²) >= 11 is 0. The van der Waals surface area contributed by atoms with Gasteiger partial charge in [0.15, 0.2) is 0 Å². The summed E-state index contributed by atoms with van der Waals surface area (Å²) < 4.78 is 0. The highest BCUT2D eigenvalue weighted by Gasteiger charge is 2.19. The number of hydrogen-bond donors (Lipinski definition) is 0. The van der Waals surface area contributed by atoms with E-state index in [1.165, 1.54) is 125 Å². The van der Waals surface area contributed by atoms with E-state index in [2.05, 4.69) is 132 Å². The molecule has 0 amide bonds. The Morgan fingerprint density at radius 3 is 1.33 bits per heavy atom. The van der Waals surface area contributed by atoms with E-state index in [1.807, 2.05) is 0 Å². The van der Waals surface area contributed by atoms with Gasteiger partial charge in [0, 0.05) is 17.1 Å². The molecule has 6 aromatic carbocycles. The zero-order chi connectivity index (χ0) is 30.0. The molecular weight excluding hydrogens is 542 g/mol. The van der Waals surface area contributed by atoms with E-state index >= 15 is 0 Å². The average Bonchev–Trinajstić information content (AvgIpc) is 3.12. The summed E-state index contributed by atoms with van der Waals surface area (Å²) in [5, 5.41) is 5.10. The third-order valence-electron chi connectivity index (χ3n) is 10.6. The first-order chi connectivity index (χ1) is 22.3. The van der Waals surface area contributed by atoms with Crippen molar-refractivity contribution in [2.24, 2.45) is 0 Å². The molecule has 8 rings (SSSR count). The number of anilines is 3. The van der Waals surface area contributed by atoms with Crippen LogP contribution in [-0.2, 0) is 0 Å². The van der Waals surface area contributed by atoms with Crippen molar-refractivity contribution < 1.29 is 0 Å². The van der Waals surface area contributed by atoms with Crippen LogP contribution in [-0.4, -0.2) is 0 Å². The van der Waals surface area contributed by atoms with Crippen molar-refractivity contribution in [1.82, 2.24) is 0 Å². The van der Waals surface area contributed by atoms with Crippen LogP contribution in [0.25, 0.3) is 32.7 Å². The summed E-state index contributed by atoms with van der Waals surface area (Å²) in [7, 11) is 0. The largest absolute Gasteiger partial charge is 0.310 e. The van der Waals surface area contributed by atoms with Gasteiger partial charge in [-0.3, -0.25) is 0 Å². The number of rotatable bonds is 6. The summed E-state index contributed by atoms with van der Waals surface area (Å²) in [6, 6.07) is 48.2. The third-order valence-corrected chi connectivity index (χ3v) is 10.6. The summed E-state index contributed by atoms with van der Waals surface area (Å²) in [5.74, 6) is 1.43. The zero-order valence-electron chi connectivity index (χ0n) is 26.3. The molecule has 0 radical (unpaired) electrons. The highest BCUT2D eigenvalue weighted by Crippen LogP contribution is 2.40. The minimum absolute atomic E-state index is 0.716. The van der Waals surface area contributed by atoms with Crippen LogP contribution in [0.15, 0.2) is 127 Å². The molecule has 1 heteroatoms. The molecule has 45 heavy (non-hydrogen) atoms. The Bertz CT molecular complexity index is 1840. The topological polar surface area (TPSA) is 3.24 Å². The quantitative estimate of drug-likeness (QED) is 0.188. The molecular formula is C44H43N. The van der Waals surface area contributed by atoms with Crippen molar-refractivity contribution in [3.63, 3.8) is 0 Å². The maximum Gasteiger partial charge on any atom is 0.0468 e. The molecule has 0 aromatic heterocycles. The fourth-order valence-electron chi connectivity index (χ4n) is 8.03. The number of benzene rings is 6. The third kappa shape index (κ3) is 5.89. The zero-order valence-corrected chi connectivity index (χ0v) is 26.3. The molecule has 2 saturated carbocycles. The molecule has 2 aliphatic carbocycles. The van der Waals surface area contributed by atoms with Gasteiger partial charge in [0.05, 0.1) is 0 Å². The summed E-state index contributed by atoms with van der Waals surface area (Å²) in [6.07, 6.45) is 13.6. The van der Waals surface area contributed by atoms with Crippen LogP contribution in [0.3, 0.4) is 0 Å². The maximum atomic E-state index is 2.45. The van der Waals surface area contributed by atoms with Crippen molar-refractivity contribution in [3.05, 3.63) is 139 Å². The Hall–Kier alpha value is -4.36. The van der Waals surface area contributed by atoms with Gasteiger partial charge in [-0.05, 0) is 130 Å². The lowest BCUT2D eigenvalue weighted by Crippen LogP contribution is -2.11. The molecule has 1 nitrogen and oxygen atoms in total. The average molecular weight is 586 g/mol. The Balaban J connectivity index is 1.15. The van der Waals surface area contributed by atoms with Crippen LogP contribution in [0.4, 0.5) is 17.1 Å². The molecule has 0 heterocycles. The number of hydrogen-bond acceptors (Lipinski definition) is 1. The standard InChI is InChI=1S/C44H43N/c1-3-9-32(10-4-1)35-19-24-42(25-20-35)45(43-26-21-36(22-27-43)33-11-5-2-6-12-33)44-28-23-40-30-39(17-18-41(40)31-44)38-16-15-34-13-7-8-14-37(34)29-38/h7-8,13-33H,1-6,9-12H2. The molecule has 0 unspecified atom stereocenters. The van der Waals surface area contributed by atoms with Gasteiger partial charge in [0.2, 0.25) is 0 Å². The van der Waals surface area contributed by atoms with Crippen LogP contribution >= 0.6 is 0 Å². The summed E-state index contributed by atoms with van der Waals surface area (Å²) in [6.45, 7) is 0. The van der Waals surface area contributed by atoms with Crippen LogP contribution in [0, 0.1) is 0 Å². The molecule has 224 valence electrons. The lowest BCUT2D eigenvalue weighted by molar-refractivity contribution is 0.443. The number of nitrogens with zero attached hydrogens (tertiary/aromatic N) is 1. The first-order valence-corrected chi connectivity index (χ1v) is 17.3. The van der Waals surface area contributed by atoms with Crippen molar-refractivity contribution in [1.29, 1.82) is 0 Å². The first-order valence-electron chi connectivity index (χ1n) is 17.3. The lowest BCUT2D eigenvalue weighted by atomic mass is 9.84. The van der Waals surface area contributed by atoms with Gasteiger partial charge in [-0.1, -0.05) is 117 Å². The van der Waals surface area contributed by atoms with E-state index in [-0.39, 0.29) is 0 Å². The normalized spacial score (nSPS) is 16.3. The fourth-order valence-corrected chi connectivity index (χ4v) is 8.03. The van der Waals surface area contributed by atoms with E-state index in [0.717, 1.165) is 0 Å². The fraction of sp³-hybridized carbons (Fsp3) is 0.273. The smallest absolute Gasteiger partial charge is 0.0468 e. The van der Waals surface area contributed by atoms with Gasteiger partial charge in [0.1, 0.15) is 0 Å². The molecule has 6 aromatic rings. The predicted octanol–water partition coefficient (Wildman–Crippen LogP) is 13.2. The van der Waals surface area contributed by atoms with Crippen molar-refractivity contribution >= 4 is 38.6 Å². The highest BCUT2D eigenvalue weighted by molar-refractivity contribution is 5.94. The minimum atomic E-state index is 0.716. The van der Waals surface area contributed by atoms with E-state index in [9.17, 15) is 0 Å². The van der Waals surface area contributed by atoms with Gasteiger partial charge in [-0.2, -0.15) is 0 Å².